The van der Waals surface area contributed by atoms with E-state index in [4.69, 9.17) is 11.6 Å². The van der Waals surface area contributed by atoms with Crippen LogP contribution >= 0.6 is 27.5 Å². The van der Waals surface area contributed by atoms with E-state index in [1.807, 2.05) is 24.3 Å². The lowest BCUT2D eigenvalue weighted by atomic mass is 10.1. The second kappa shape index (κ2) is 6.86. The minimum absolute atomic E-state index is 0.0184. The lowest BCUT2D eigenvalue weighted by molar-refractivity contribution is 0.0946. The van der Waals surface area contributed by atoms with Crippen LogP contribution in [0.2, 0.25) is 0 Å². The molecule has 0 aromatic heterocycles. The molecule has 0 spiro atoms. The molecule has 2 aromatic carbocycles. The number of carbonyl (C=O) groups excluding carboxylic acids is 1. The molecule has 0 saturated carbocycles. The highest BCUT2D eigenvalue weighted by Gasteiger charge is 2.14. The monoisotopic (exact) mass is 355 g/mol. The third-order valence-corrected chi connectivity index (χ3v) is 3.79. The third kappa shape index (κ3) is 3.58. The Hall–Kier alpha value is -1.39. The van der Waals surface area contributed by atoms with E-state index in [0.29, 0.717) is 16.9 Å². The van der Waals surface area contributed by atoms with Gasteiger partial charge in [0.2, 0.25) is 0 Å². The van der Waals surface area contributed by atoms with Crippen LogP contribution in [0.1, 0.15) is 21.5 Å². The largest absolute Gasteiger partial charge is 0.348 e. The molecule has 0 bridgehead atoms. The van der Waals surface area contributed by atoms with Crippen LogP contribution in [0.25, 0.3) is 0 Å². The summed E-state index contributed by atoms with van der Waals surface area (Å²) in [7, 11) is 0. The molecule has 0 aliphatic heterocycles. The van der Waals surface area contributed by atoms with Crippen LogP contribution in [0.4, 0.5) is 4.39 Å². The molecular formula is C15H12BrClFNO. The van der Waals surface area contributed by atoms with Gasteiger partial charge in [-0.2, -0.15) is 0 Å². The first-order valence-corrected chi connectivity index (χ1v) is 7.30. The van der Waals surface area contributed by atoms with Crippen molar-refractivity contribution >= 4 is 33.4 Å². The van der Waals surface area contributed by atoms with Crippen molar-refractivity contribution in [1.29, 1.82) is 0 Å². The van der Waals surface area contributed by atoms with Crippen molar-refractivity contribution in [2.45, 2.75) is 12.4 Å². The zero-order chi connectivity index (χ0) is 14.5. The first kappa shape index (κ1) is 15.0. The summed E-state index contributed by atoms with van der Waals surface area (Å²) in [6.07, 6.45) is 0. The van der Waals surface area contributed by atoms with Gasteiger partial charge in [0.1, 0.15) is 5.82 Å². The van der Waals surface area contributed by atoms with Gasteiger partial charge in [-0.15, -0.1) is 11.6 Å². The molecule has 2 nitrogen and oxygen atoms in total. The van der Waals surface area contributed by atoms with E-state index < -0.39 is 11.7 Å². The number of nitrogens with one attached hydrogen (secondary N) is 1. The lowest BCUT2D eigenvalue weighted by Crippen LogP contribution is -2.24. The standard InChI is InChI=1S/C15H12BrClFNO/c16-12-2-1-3-13(18)14(12)15(20)19-9-11-6-4-10(8-17)5-7-11/h1-7H,8-9H2,(H,19,20). The predicted molar refractivity (Wildman–Crippen MR) is 81.3 cm³/mol. The van der Waals surface area contributed by atoms with E-state index in [1.165, 1.54) is 6.07 Å². The Labute approximate surface area is 130 Å². The van der Waals surface area contributed by atoms with Crippen molar-refractivity contribution in [3.63, 3.8) is 0 Å². The van der Waals surface area contributed by atoms with E-state index in [2.05, 4.69) is 21.2 Å². The molecule has 0 aliphatic carbocycles. The van der Waals surface area contributed by atoms with Crippen LogP contribution < -0.4 is 5.32 Å². The average molecular weight is 357 g/mol. The van der Waals surface area contributed by atoms with Crippen molar-refractivity contribution in [3.05, 3.63) is 69.4 Å². The molecule has 0 aliphatic rings. The van der Waals surface area contributed by atoms with Crippen molar-refractivity contribution < 1.29 is 9.18 Å². The van der Waals surface area contributed by atoms with Gasteiger partial charge in [0.15, 0.2) is 0 Å². The van der Waals surface area contributed by atoms with Crippen molar-refractivity contribution in [1.82, 2.24) is 5.32 Å². The van der Waals surface area contributed by atoms with E-state index in [0.717, 1.165) is 11.1 Å². The maximum absolute atomic E-state index is 13.6. The number of hydrogen-bond acceptors (Lipinski definition) is 1. The zero-order valence-electron chi connectivity index (χ0n) is 10.5. The average Bonchev–Trinajstić information content (AvgIpc) is 2.45. The summed E-state index contributed by atoms with van der Waals surface area (Å²) in [4.78, 5) is 12.0. The van der Waals surface area contributed by atoms with Gasteiger partial charge in [0.05, 0.1) is 5.56 Å². The number of benzene rings is 2. The lowest BCUT2D eigenvalue weighted by Gasteiger charge is -2.08. The van der Waals surface area contributed by atoms with Gasteiger partial charge in [0, 0.05) is 16.9 Å². The summed E-state index contributed by atoms with van der Waals surface area (Å²) < 4.78 is 14.1. The first-order chi connectivity index (χ1) is 9.61. The number of rotatable bonds is 4. The van der Waals surface area contributed by atoms with Gasteiger partial charge >= 0.3 is 0 Å². The summed E-state index contributed by atoms with van der Waals surface area (Å²) in [5.41, 5.74) is 1.96. The van der Waals surface area contributed by atoms with Crippen LogP contribution in [0.3, 0.4) is 0 Å². The number of hydrogen-bond donors (Lipinski definition) is 1. The Kier molecular flexibility index (Phi) is 5.15. The molecular weight excluding hydrogens is 345 g/mol. The molecule has 20 heavy (non-hydrogen) atoms. The maximum atomic E-state index is 13.6. The Bertz CT molecular complexity index is 596. The normalized spacial score (nSPS) is 10.3. The summed E-state index contributed by atoms with van der Waals surface area (Å²) in [5, 5.41) is 2.69. The highest BCUT2D eigenvalue weighted by molar-refractivity contribution is 9.10. The first-order valence-electron chi connectivity index (χ1n) is 5.98. The van der Waals surface area contributed by atoms with Crippen LogP contribution in [-0.4, -0.2) is 5.91 Å². The van der Waals surface area contributed by atoms with Crippen molar-refractivity contribution in [2.24, 2.45) is 0 Å². The molecule has 0 atom stereocenters. The molecule has 1 amide bonds. The quantitative estimate of drug-likeness (QED) is 0.815. The summed E-state index contributed by atoms with van der Waals surface area (Å²) in [6, 6.07) is 12.0. The molecule has 5 heteroatoms. The van der Waals surface area contributed by atoms with E-state index in [1.54, 1.807) is 12.1 Å². The number of amides is 1. The fourth-order valence-corrected chi connectivity index (χ4v) is 2.43. The van der Waals surface area contributed by atoms with Gasteiger partial charge in [0.25, 0.3) is 5.91 Å². The van der Waals surface area contributed by atoms with Crippen LogP contribution in [0.5, 0.6) is 0 Å². The van der Waals surface area contributed by atoms with Gasteiger partial charge in [-0.25, -0.2) is 4.39 Å². The van der Waals surface area contributed by atoms with Crippen molar-refractivity contribution in [3.8, 4) is 0 Å². The highest BCUT2D eigenvalue weighted by atomic mass is 79.9. The second-order valence-electron chi connectivity index (χ2n) is 4.23. The van der Waals surface area contributed by atoms with E-state index >= 15 is 0 Å². The molecule has 0 radical (unpaired) electrons. The third-order valence-electron chi connectivity index (χ3n) is 2.82. The summed E-state index contributed by atoms with van der Waals surface area (Å²) in [5.74, 6) is -0.541. The Morgan fingerprint density at radius 2 is 1.80 bits per heavy atom. The van der Waals surface area contributed by atoms with Crippen LogP contribution in [-0.2, 0) is 12.4 Å². The van der Waals surface area contributed by atoms with Gasteiger partial charge in [-0.05, 0) is 39.2 Å². The van der Waals surface area contributed by atoms with Gasteiger partial charge < -0.3 is 5.32 Å². The molecule has 0 unspecified atom stereocenters. The zero-order valence-corrected chi connectivity index (χ0v) is 12.8. The Morgan fingerprint density at radius 1 is 1.15 bits per heavy atom. The Balaban J connectivity index is 2.05. The number of halogens is 3. The second-order valence-corrected chi connectivity index (χ2v) is 5.35. The van der Waals surface area contributed by atoms with Gasteiger partial charge in [-0.3, -0.25) is 4.79 Å². The van der Waals surface area contributed by atoms with E-state index in [9.17, 15) is 9.18 Å². The predicted octanol–water partition coefficient (Wildman–Crippen LogP) is 4.26. The van der Waals surface area contributed by atoms with Crippen LogP contribution in [0.15, 0.2) is 46.9 Å². The summed E-state index contributed by atoms with van der Waals surface area (Å²) in [6.45, 7) is 0.335. The Morgan fingerprint density at radius 3 is 2.40 bits per heavy atom. The highest BCUT2D eigenvalue weighted by Crippen LogP contribution is 2.19. The smallest absolute Gasteiger partial charge is 0.255 e. The molecule has 0 saturated heterocycles. The molecule has 1 N–H and O–H groups in total. The molecule has 0 fully saturated rings. The fourth-order valence-electron chi connectivity index (χ4n) is 1.73. The topological polar surface area (TPSA) is 29.1 Å². The number of alkyl halides is 1. The molecule has 0 heterocycles. The molecule has 2 rings (SSSR count). The molecule has 2 aromatic rings. The summed E-state index contributed by atoms with van der Waals surface area (Å²) >= 11 is 8.88. The minimum atomic E-state index is -0.547. The van der Waals surface area contributed by atoms with Crippen LogP contribution in [0, 0.1) is 5.82 Å². The van der Waals surface area contributed by atoms with Gasteiger partial charge in [-0.1, -0.05) is 30.3 Å². The SMILES string of the molecule is O=C(NCc1ccc(CCl)cc1)c1c(F)cccc1Br. The molecule has 104 valence electrons. The maximum Gasteiger partial charge on any atom is 0.255 e. The minimum Gasteiger partial charge on any atom is -0.348 e. The van der Waals surface area contributed by atoms with E-state index in [-0.39, 0.29) is 5.56 Å². The number of carbonyl (C=O) groups is 1. The van der Waals surface area contributed by atoms with Crippen molar-refractivity contribution in [2.75, 3.05) is 0 Å². The fraction of sp³-hybridized carbons (Fsp3) is 0.133.